The van der Waals surface area contributed by atoms with Crippen molar-refractivity contribution >= 4 is 27.5 Å². The molecular weight excluding hydrogens is 376 g/mol. The van der Waals surface area contributed by atoms with Gasteiger partial charge in [0.2, 0.25) is 15.9 Å². The van der Waals surface area contributed by atoms with E-state index in [0.29, 0.717) is 29.0 Å². The first-order chi connectivity index (χ1) is 12.1. The molecule has 8 heteroatoms. The van der Waals surface area contributed by atoms with Crippen LogP contribution in [0.3, 0.4) is 0 Å². The van der Waals surface area contributed by atoms with Gasteiger partial charge in [0.15, 0.2) is 0 Å². The number of rotatable bonds is 6. The van der Waals surface area contributed by atoms with Gasteiger partial charge in [-0.1, -0.05) is 37.6 Å². The van der Waals surface area contributed by atoms with Crippen molar-refractivity contribution in [3.05, 3.63) is 46.6 Å². The molecule has 0 aliphatic rings. The van der Waals surface area contributed by atoms with E-state index in [1.165, 1.54) is 0 Å². The summed E-state index contributed by atoms with van der Waals surface area (Å²) in [7, 11) is -3.61. The smallest absolute Gasteiger partial charge is 0.264 e. The zero-order chi connectivity index (χ0) is 19.5. The average molecular weight is 397 g/mol. The van der Waals surface area contributed by atoms with E-state index in [4.69, 9.17) is 16.3 Å². The van der Waals surface area contributed by atoms with E-state index in [9.17, 15) is 13.2 Å². The largest absolute Gasteiger partial charge is 0.476 e. The maximum absolute atomic E-state index is 12.0. The number of carbonyl (C=O) groups excluding carboxylic acids is 1. The minimum Gasteiger partial charge on any atom is -0.476 e. The third-order valence-corrected chi connectivity index (χ3v) is 4.27. The Balaban J connectivity index is 2.26. The van der Waals surface area contributed by atoms with Crippen LogP contribution in [0.25, 0.3) is 11.1 Å². The third-order valence-electron chi connectivity index (χ3n) is 3.44. The first kappa shape index (κ1) is 20.2. The van der Waals surface area contributed by atoms with E-state index in [1.54, 1.807) is 37.4 Å². The number of hydrogen-bond acceptors (Lipinski definition) is 5. The first-order valence-corrected chi connectivity index (χ1v) is 10.2. The topological polar surface area (TPSA) is 85.4 Å². The molecule has 1 amide bonds. The number of aryl methyl sites for hydroxylation is 1. The number of amides is 1. The van der Waals surface area contributed by atoms with Gasteiger partial charge in [-0.25, -0.2) is 18.1 Å². The highest BCUT2D eigenvalue weighted by atomic mass is 35.5. The molecule has 1 aromatic carbocycles. The molecule has 26 heavy (non-hydrogen) atoms. The van der Waals surface area contributed by atoms with Gasteiger partial charge < -0.3 is 4.74 Å². The van der Waals surface area contributed by atoms with Gasteiger partial charge in [-0.3, -0.25) is 4.79 Å². The number of hydrogen-bond donors (Lipinski definition) is 1. The Hall–Kier alpha value is -2.12. The predicted molar refractivity (Wildman–Crippen MR) is 102 cm³/mol. The van der Waals surface area contributed by atoms with Crippen LogP contribution in [0.4, 0.5) is 0 Å². The number of halogens is 1. The molecular formula is C18H21ClN2O4S. The molecule has 2 rings (SSSR count). The van der Waals surface area contributed by atoms with Crippen LogP contribution >= 0.6 is 11.6 Å². The highest BCUT2D eigenvalue weighted by Gasteiger charge is 2.15. The Kier molecular flexibility index (Phi) is 6.26. The first-order valence-electron chi connectivity index (χ1n) is 7.98. The summed E-state index contributed by atoms with van der Waals surface area (Å²) in [4.78, 5) is 16.3. The van der Waals surface area contributed by atoms with Crippen LogP contribution in [0.5, 0.6) is 5.88 Å². The van der Waals surface area contributed by atoms with E-state index in [-0.39, 0.29) is 5.56 Å². The summed E-state index contributed by atoms with van der Waals surface area (Å²) in [5.74, 6) is 0.0796. The zero-order valence-corrected chi connectivity index (χ0v) is 16.6. The molecule has 0 aliphatic heterocycles. The normalized spacial score (nSPS) is 11.5. The summed E-state index contributed by atoms with van der Waals surface area (Å²) in [6.07, 6.45) is 2.58. The number of nitrogens with zero attached hydrogens (tertiary/aromatic N) is 1. The molecule has 1 heterocycles. The van der Waals surface area contributed by atoms with Gasteiger partial charge in [0.05, 0.1) is 12.9 Å². The van der Waals surface area contributed by atoms with Crippen molar-refractivity contribution in [3.8, 4) is 17.0 Å². The fourth-order valence-corrected chi connectivity index (χ4v) is 2.92. The van der Waals surface area contributed by atoms with E-state index < -0.39 is 15.9 Å². The van der Waals surface area contributed by atoms with Crippen molar-refractivity contribution in [2.45, 2.75) is 20.8 Å². The molecule has 0 unspecified atom stereocenters. The van der Waals surface area contributed by atoms with Crippen LogP contribution < -0.4 is 9.46 Å². The highest BCUT2D eigenvalue weighted by molar-refractivity contribution is 7.89. The second-order valence-corrected chi connectivity index (χ2v) is 8.60. The second kappa shape index (κ2) is 8.05. The summed E-state index contributed by atoms with van der Waals surface area (Å²) in [6, 6.07) is 6.81. The van der Waals surface area contributed by atoms with E-state index >= 15 is 0 Å². The lowest BCUT2D eigenvalue weighted by Crippen LogP contribution is -2.29. The van der Waals surface area contributed by atoms with E-state index in [1.807, 2.05) is 18.6 Å². The Morgan fingerprint density at radius 2 is 1.96 bits per heavy atom. The lowest BCUT2D eigenvalue weighted by atomic mass is 10.0. The standard InChI is InChI=1S/C18H21ClN2O4S/c1-11(2)10-25-18-16(19)8-14(9-20-18)13-5-6-15(12(3)7-13)17(22)21-26(4,23)24/h5-9,11H,10H2,1-4H3,(H,21,22). The minimum absolute atomic E-state index is 0.287. The monoisotopic (exact) mass is 396 g/mol. The fraction of sp³-hybridized carbons (Fsp3) is 0.333. The summed E-state index contributed by atoms with van der Waals surface area (Å²) in [5.41, 5.74) is 2.50. The van der Waals surface area contributed by atoms with Gasteiger partial charge in [0, 0.05) is 17.3 Å². The molecule has 6 nitrogen and oxygen atoms in total. The van der Waals surface area contributed by atoms with Gasteiger partial charge >= 0.3 is 0 Å². The van der Waals surface area contributed by atoms with Crippen LogP contribution in [0.2, 0.25) is 5.02 Å². The maximum atomic E-state index is 12.0. The lowest BCUT2D eigenvalue weighted by molar-refractivity contribution is 0.0981. The quantitative estimate of drug-likeness (QED) is 0.808. The van der Waals surface area contributed by atoms with Crippen LogP contribution in [0.15, 0.2) is 30.5 Å². The SMILES string of the molecule is Cc1cc(-c2cnc(OCC(C)C)c(Cl)c2)ccc1C(=O)NS(C)(=O)=O. The molecule has 0 saturated heterocycles. The second-order valence-electron chi connectivity index (χ2n) is 6.45. The van der Waals surface area contributed by atoms with Gasteiger partial charge in [0.1, 0.15) is 5.02 Å². The van der Waals surface area contributed by atoms with Gasteiger partial charge in [-0.05, 0) is 36.1 Å². The van der Waals surface area contributed by atoms with Crippen molar-refractivity contribution < 1.29 is 17.9 Å². The number of pyridine rings is 1. The molecule has 0 aliphatic carbocycles. The van der Waals surface area contributed by atoms with E-state index in [0.717, 1.165) is 17.4 Å². The Morgan fingerprint density at radius 1 is 1.27 bits per heavy atom. The van der Waals surface area contributed by atoms with E-state index in [2.05, 4.69) is 4.98 Å². The van der Waals surface area contributed by atoms with Crippen molar-refractivity contribution in [2.75, 3.05) is 12.9 Å². The molecule has 0 radical (unpaired) electrons. The summed E-state index contributed by atoms with van der Waals surface area (Å²) < 4.78 is 29.9. The van der Waals surface area contributed by atoms with Gasteiger partial charge in [-0.2, -0.15) is 0 Å². The molecule has 0 bridgehead atoms. The predicted octanol–water partition coefficient (Wildman–Crippen LogP) is 3.43. The molecule has 0 atom stereocenters. The molecule has 1 aromatic heterocycles. The number of sulfonamides is 1. The molecule has 2 aromatic rings. The van der Waals surface area contributed by atoms with Crippen molar-refractivity contribution in [1.29, 1.82) is 0 Å². The Labute approximate surface area is 158 Å². The van der Waals surface area contributed by atoms with Crippen LogP contribution in [0, 0.1) is 12.8 Å². The van der Waals surface area contributed by atoms with Crippen LogP contribution in [-0.2, 0) is 10.0 Å². The number of benzene rings is 1. The minimum atomic E-state index is -3.61. The molecule has 0 spiro atoms. The van der Waals surface area contributed by atoms with Crippen LogP contribution in [0.1, 0.15) is 29.8 Å². The van der Waals surface area contributed by atoms with Crippen molar-refractivity contribution in [2.24, 2.45) is 5.92 Å². The molecule has 0 fully saturated rings. The average Bonchev–Trinajstić information content (AvgIpc) is 2.51. The fourth-order valence-electron chi connectivity index (χ4n) is 2.26. The zero-order valence-electron chi connectivity index (χ0n) is 15.0. The Bertz CT molecular complexity index is 927. The third kappa shape index (κ3) is 5.44. The molecule has 1 N–H and O–H groups in total. The van der Waals surface area contributed by atoms with Crippen molar-refractivity contribution in [1.82, 2.24) is 9.71 Å². The molecule has 140 valence electrons. The summed E-state index contributed by atoms with van der Waals surface area (Å²) >= 11 is 6.24. The number of aromatic nitrogens is 1. The van der Waals surface area contributed by atoms with Crippen molar-refractivity contribution in [3.63, 3.8) is 0 Å². The summed E-state index contributed by atoms with van der Waals surface area (Å²) in [6.45, 7) is 6.32. The van der Waals surface area contributed by atoms with Gasteiger partial charge in [0.25, 0.3) is 5.91 Å². The van der Waals surface area contributed by atoms with Crippen LogP contribution in [-0.4, -0.2) is 32.2 Å². The molecule has 0 saturated carbocycles. The highest BCUT2D eigenvalue weighted by Crippen LogP contribution is 2.29. The summed E-state index contributed by atoms with van der Waals surface area (Å²) in [5, 5.41) is 0.402. The Morgan fingerprint density at radius 3 is 2.50 bits per heavy atom. The van der Waals surface area contributed by atoms with Gasteiger partial charge in [-0.15, -0.1) is 0 Å². The number of nitrogens with one attached hydrogen (secondary N) is 1. The lowest BCUT2D eigenvalue weighted by Gasteiger charge is -2.11. The number of carbonyl (C=O) groups is 1. The number of ether oxygens (including phenoxy) is 1. The maximum Gasteiger partial charge on any atom is 0.264 e.